The van der Waals surface area contributed by atoms with Crippen molar-refractivity contribution in [2.24, 2.45) is 17.4 Å². The van der Waals surface area contributed by atoms with E-state index >= 15 is 0 Å². The third kappa shape index (κ3) is 4.72. The summed E-state index contributed by atoms with van der Waals surface area (Å²) >= 11 is 0. The Labute approximate surface area is 177 Å². The van der Waals surface area contributed by atoms with Crippen LogP contribution in [0.4, 0.5) is 5.69 Å². The first-order valence-corrected chi connectivity index (χ1v) is 10.2. The molecule has 0 aliphatic rings. The summed E-state index contributed by atoms with van der Waals surface area (Å²) in [4.78, 5) is 21.7. The molecule has 6 heteroatoms. The highest BCUT2D eigenvalue weighted by Gasteiger charge is 2.21. The highest BCUT2D eigenvalue weighted by Crippen LogP contribution is 2.36. The number of nitrogens with one attached hydrogen (secondary N) is 1. The van der Waals surface area contributed by atoms with E-state index in [0.29, 0.717) is 30.3 Å². The zero-order chi connectivity index (χ0) is 21.7. The molecule has 0 bridgehead atoms. The number of benzene rings is 1. The van der Waals surface area contributed by atoms with Crippen LogP contribution in [0.15, 0.2) is 48.8 Å². The number of amides is 1. The first kappa shape index (κ1) is 21.6. The molecular formula is C24H29N5O. The smallest absolute Gasteiger partial charge is 0.257 e. The molecule has 156 valence electrons. The quantitative estimate of drug-likeness (QED) is 0.556. The summed E-state index contributed by atoms with van der Waals surface area (Å²) in [6, 6.07) is 11.5. The van der Waals surface area contributed by atoms with Crippen molar-refractivity contribution >= 4 is 11.6 Å². The van der Waals surface area contributed by atoms with E-state index in [4.69, 9.17) is 16.5 Å². The third-order valence-corrected chi connectivity index (χ3v) is 5.01. The molecule has 3 aromatic rings. The van der Waals surface area contributed by atoms with Gasteiger partial charge in [0, 0.05) is 36.7 Å². The molecule has 2 aromatic heterocycles. The fourth-order valence-corrected chi connectivity index (χ4v) is 3.54. The molecule has 2 heterocycles. The SMILES string of the molecule is Cc1nc(CC(C)C)c(CN)c(-c2ccc(CN)cc2)c1NC(=O)c1cccnc1. The molecule has 0 unspecified atom stereocenters. The molecule has 0 aliphatic heterocycles. The van der Waals surface area contributed by atoms with Gasteiger partial charge in [0.1, 0.15) is 0 Å². The number of carbonyl (C=O) groups is 1. The van der Waals surface area contributed by atoms with Gasteiger partial charge in [0.15, 0.2) is 0 Å². The minimum atomic E-state index is -0.229. The van der Waals surface area contributed by atoms with Crippen molar-refractivity contribution in [3.05, 3.63) is 76.9 Å². The van der Waals surface area contributed by atoms with E-state index < -0.39 is 0 Å². The first-order valence-electron chi connectivity index (χ1n) is 10.2. The van der Waals surface area contributed by atoms with E-state index in [9.17, 15) is 4.79 Å². The van der Waals surface area contributed by atoms with Crippen LogP contribution in [0.5, 0.6) is 0 Å². The number of hydrogen-bond acceptors (Lipinski definition) is 5. The van der Waals surface area contributed by atoms with E-state index in [2.05, 4.69) is 24.1 Å². The number of rotatable bonds is 7. The number of hydrogen-bond donors (Lipinski definition) is 3. The number of nitrogens with zero attached hydrogens (tertiary/aromatic N) is 2. The summed E-state index contributed by atoms with van der Waals surface area (Å²) in [5.41, 5.74) is 18.8. The highest BCUT2D eigenvalue weighted by atomic mass is 16.1. The summed E-state index contributed by atoms with van der Waals surface area (Å²) in [5, 5.41) is 3.06. The summed E-state index contributed by atoms with van der Waals surface area (Å²) in [6.45, 7) is 7.04. The van der Waals surface area contributed by atoms with Crippen LogP contribution >= 0.6 is 0 Å². The predicted molar refractivity (Wildman–Crippen MR) is 121 cm³/mol. The Morgan fingerprint density at radius 2 is 1.83 bits per heavy atom. The lowest BCUT2D eigenvalue weighted by Crippen LogP contribution is -2.18. The molecule has 1 amide bonds. The lowest BCUT2D eigenvalue weighted by molar-refractivity contribution is 0.102. The van der Waals surface area contributed by atoms with Gasteiger partial charge in [0.2, 0.25) is 0 Å². The second-order valence-electron chi connectivity index (χ2n) is 7.77. The molecule has 30 heavy (non-hydrogen) atoms. The lowest BCUT2D eigenvalue weighted by Gasteiger charge is -2.21. The summed E-state index contributed by atoms with van der Waals surface area (Å²) < 4.78 is 0. The van der Waals surface area contributed by atoms with Crippen LogP contribution in [-0.4, -0.2) is 15.9 Å². The molecule has 5 N–H and O–H groups in total. The highest BCUT2D eigenvalue weighted by molar-refractivity contribution is 6.06. The third-order valence-electron chi connectivity index (χ3n) is 5.01. The number of aromatic nitrogens is 2. The Bertz CT molecular complexity index is 1010. The number of nitrogens with two attached hydrogens (primary N) is 2. The Morgan fingerprint density at radius 3 is 2.40 bits per heavy atom. The number of pyridine rings is 2. The van der Waals surface area contributed by atoms with Gasteiger partial charge in [-0.3, -0.25) is 14.8 Å². The topological polar surface area (TPSA) is 107 Å². The predicted octanol–water partition coefficient (Wildman–Crippen LogP) is 3.82. The van der Waals surface area contributed by atoms with Crippen LogP contribution in [-0.2, 0) is 19.5 Å². The Balaban J connectivity index is 2.17. The fourth-order valence-electron chi connectivity index (χ4n) is 3.54. The Hall–Kier alpha value is -3.09. The van der Waals surface area contributed by atoms with Crippen LogP contribution in [0.3, 0.4) is 0 Å². The minimum absolute atomic E-state index is 0.229. The molecular weight excluding hydrogens is 374 g/mol. The van der Waals surface area contributed by atoms with Gasteiger partial charge in [0.25, 0.3) is 5.91 Å². The van der Waals surface area contributed by atoms with Crippen molar-refractivity contribution < 1.29 is 4.79 Å². The van der Waals surface area contributed by atoms with Crippen molar-refractivity contribution in [1.82, 2.24) is 9.97 Å². The van der Waals surface area contributed by atoms with Gasteiger partial charge in [-0.15, -0.1) is 0 Å². The lowest BCUT2D eigenvalue weighted by atomic mass is 9.92. The summed E-state index contributed by atoms with van der Waals surface area (Å²) in [5.74, 6) is 0.206. The molecule has 0 aliphatic carbocycles. The van der Waals surface area contributed by atoms with Gasteiger partial charge >= 0.3 is 0 Å². The minimum Gasteiger partial charge on any atom is -0.326 e. The van der Waals surface area contributed by atoms with Gasteiger partial charge in [0.05, 0.1) is 16.9 Å². The van der Waals surface area contributed by atoms with E-state index in [1.807, 2.05) is 31.2 Å². The Morgan fingerprint density at radius 1 is 1.10 bits per heavy atom. The summed E-state index contributed by atoms with van der Waals surface area (Å²) in [7, 11) is 0. The van der Waals surface area contributed by atoms with E-state index in [1.165, 1.54) is 0 Å². The van der Waals surface area contributed by atoms with Crippen molar-refractivity contribution in [1.29, 1.82) is 0 Å². The maximum absolute atomic E-state index is 12.9. The molecule has 0 saturated carbocycles. The van der Waals surface area contributed by atoms with Crippen molar-refractivity contribution in [3.63, 3.8) is 0 Å². The average Bonchev–Trinajstić information content (AvgIpc) is 2.75. The Kier molecular flexibility index (Phi) is 6.92. The number of anilines is 1. The normalized spacial score (nSPS) is 11.0. The van der Waals surface area contributed by atoms with E-state index in [1.54, 1.807) is 24.5 Å². The van der Waals surface area contributed by atoms with Gasteiger partial charge < -0.3 is 16.8 Å². The second kappa shape index (κ2) is 9.61. The molecule has 6 nitrogen and oxygen atoms in total. The van der Waals surface area contributed by atoms with Gasteiger partial charge in [-0.1, -0.05) is 38.1 Å². The first-order chi connectivity index (χ1) is 14.4. The van der Waals surface area contributed by atoms with Crippen molar-refractivity contribution in [2.75, 3.05) is 5.32 Å². The summed E-state index contributed by atoms with van der Waals surface area (Å²) in [6.07, 6.45) is 4.00. The van der Waals surface area contributed by atoms with Crippen LogP contribution < -0.4 is 16.8 Å². The van der Waals surface area contributed by atoms with Crippen LogP contribution in [0.1, 0.15) is 46.7 Å². The molecule has 0 spiro atoms. The zero-order valence-corrected chi connectivity index (χ0v) is 17.8. The van der Waals surface area contributed by atoms with Gasteiger partial charge in [-0.2, -0.15) is 0 Å². The standard InChI is InChI=1S/C24H29N5O/c1-15(2)11-21-20(13-26)22(18-8-6-17(12-25)7-9-18)23(16(3)28-21)29-24(30)19-5-4-10-27-14-19/h4-10,14-15H,11-13,25-26H2,1-3H3,(H,29,30). The fraction of sp³-hybridized carbons (Fsp3) is 0.292. The number of aryl methyl sites for hydroxylation is 1. The van der Waals surface area contributed by atoms with Gasteiger partial charge in [-0.05, 0) is 48.1 Å². The number of carbonyl (C=O) groups excluding carboxylic acids is 1. The molecule has 0 radical (unpaired) electrons. The largest absolute Gasteiger partial charge is 0.326 e. The molecule has 0 atom stereocenters. The zero-order valence-electron chi connectivity index (χ0n) is 17.8. The van der Waals surface area contributed by atoms with Crippen molar-refractivity contribution in [3.8, 4) is 11.1 Å². The molecule has 1 aromatic carbocycles. The van der Waals surface area contributed by atoms with Crippen LogP contribution in [0.25, 0.3) is 11.1 Å². The monoisotopic (exact) mass is 403 g/mol. The maximum atomic E-state index is 12.9. The van der Waals surface area contributed by atoms with Crippen LogP contribution in [0.2, 0.25) is 0 Å². The molecule has 0 fully saturated rings. The van der Waals surface area contributed by atoms with Crippen LogP contribution in [0, 0.1) is 12.8 Å². The van der Waals surface area contributed by atoms with E-state index in [-0.39, 0.29) is 5.91 Å². The van der Waals surface area contributed by atoms with Gasteiger partial charge in [-0.25, -0.2) is 0 Å². The molecule has 3 rings (SSSR count). The second-order valence-corrected chi connectivity index (χ2v) is 7.77. The van der Waals surface area contributed by atoms with Crippen molar-refractivity contribution in [2.45, 2.75) is 40.3 Å². The molecule has 0 saturated heterocycles. The maximum Gasteiger partial charge on any atom is 0.257 e. The van der Waals surface area contributed by atoms with E-state index in [0.717, 1.165) is 40.1 Å². The average molecular weight is 404 g/mol.